The van der Waals surface area contributed by atoms with Crippen LogP contribution < -0.4 is 20.7 Å². The molecule has 0 bridgehead atoms. The lowest BCUT2D eigenvalue weighted by Crippen LogP contribution is -2.41. The summed E-state index contributed by atoms with van der Waals surface area (Å²) in [5, 5.41) is 16.9. The molecule has 0 aliphatic carbocycles. The number of phosphoric acid groups is 1. The number of nitrogens with one attached hydrogen (secondary N) is 4. The van der Waals surface area contributed by atoms with E-state index in [1.807, 2.05) is 32.0 Å². The SMILES string of the molecule is CC(C)(CCOP(=O)(O)O)NCCCOc1ccc2c(Nc3cc(CC(=O)Nc4cccc(F)c4)[nH]n3)ncnc2c1. The highest BCUT2D eigenvalue weighted by molar-refractivity contribution is 7.46. The number of hydrogen-bond donors (Lipinski definition) is 6. The number of fused-ring (bicyclic) bond motifs is 1. The third-order valence-corrected chi connectivity index (χ3v) is 6.64. The minimum atomic E-state index is -4.46. The number of nitrogens with zero attached hydrogens (tertiary/aromatic N) is 3. The Morgan fingerprint density at radius 3 is 2.74 bits per heavy atom. The van der Waals surface area contributed by atoms with E-state index in [2.05, 4.69) is 40.6 Å². The van der Waals surface area contributed by atoms with Gasteiger partial charge in [-0.25, -0.2) is 18.9 Å². The van der Waals surface area contributed by atoms with Gasteiger partial charge in [-0.05, 0) is 63.6 Å². The van der Waals surface area contributed by atoms with Gasteiger partial charge in [-0.2, -0.15) is 5.10 Å². The molecule has 6 N–H and O–H groups in total. The molecule has 13 nitrogen and oxygen atoms in total. The van der Waals surface area contributed by atoms with Gasteiger partial charge in [0.1, 0.15) is 23.7 Å². The highest BCUT2D eigenvalue weighted by Gasteiger charge is 2.20. The van der Waals surface area contributed by atoms with Gasteiger partial charge in [-0.15, -0.1) is 0 Å². The Morgan fingerprint density at radius 1 is 1.12 bits per heavy atom. The molecule has 0 aliphatic rings. The van der Waals surface area contributed by atoms with Crippen LogP contribution in [0.2, 0.25) is 0 Å². The van der Waals surface area contributed by atoms with E-state index in [1.54, 1.807) is 12.1 Å². The van der Waals surface area contributed by atoms with Gasteiger partial charge in [0, 0.05) is 34.4 Å². The van der Waals surface area contributed by atoms with Crippen molar-refractivity contribution in [2.24, 2.45) is 0 Å². The fourth-order valence-corrected chi connectivity index (χ4v) is 4.33. The molecule has 42 heavy (non-hydrogen) atoms. The largest absolute Gasteiger partial charge is 0.493 e. The predicted molar refractivity (Wildman–Crippen MR) is 155 cm³/mol. The van der Waals surface area contributed by atoms with Crippen LogP contribution in [0.1, 0.15) is 32.4 Å². The molecule has 0 saturated heterocycles. The van der Waals surface area contributed by atoms with E-state index in [4.69, 9.17) is 14.5 Å². The van der Waals surface area contributed by atoms with Gasteiger partial charge in [0.25, 0.3) is 0 Å². The van der Waals surface area contributed by atoms with Crippen molar-refractivity contribution in [2.45, 2.75) is 38.6 Å². The van der Waals surface area contributed by atoms with Gasteiger partial charge in [-0.3, -0.25) is 14.4 Å². The molecular weight excluding hydrogens is 568 g/mol. The summed E-state index contributed by atoms with van der Waals surface area (Å²) in [4.78, 5) is 38.6. The van der Waals surface area contributed by atoms with Crippen LogP contribution in [-0.4, -0.2) is 61.2 Å². The van der Waals surface area contributed by atoms with E-state index < -0.39 is 13.6 Å². The number of halogens is 1. The zero-order valence-electron chi connectivity index (χ0n) is 23.1. The molecule has 15 heteroatoms. The van der Waals surface area contributed by atoms with Crippen LogP contribution in [0.4, 0.5) is 21.7 Å². The quantitative estimate of drug-likeness (QED) is 0.0853. The second-order valence-corrected chi connectivity index (χ2v) is 11.4. The highest BCUT2D eigenvalue weighted by atomic mass is 31.2. The number of phosphoric ester groups is 1. The minimum absolute atomic E-state index is 0.0223. The number of ether oxygens (including phenoxy) is 1. The van der Waals surface area contributed by atoms with Gasteiger partial charge in [0.05, 0.1) is 25.2 Å². The first-order valence-electron chi connectivity index (χ1n) is 13.2. The van der Waals surface area contributed by atoms with E-state index in [0.717, 1.165) is 5.39 Å². The number of aromatic nitrogens is 4. The number of benzene rings is 2. The van der Waals surface area contributed by atoms with E-state index in [0.29, 0.717) is 60.3 Å². The summed E-state index contributed by atoms with van der Waals surface area (Å²) in [6.45, 7) is 4.91. The Kier molecular flexibility index (Phi) is 10.2. The van der Waals surface area contributed by atoms with Crippen molar-refractivity contribution in [3.8, 4) is 5.75 Å². The van der Waals surface area contributed by atoms with E-state index >= 15 is 0 Å². The zero-order valence-corrected chi connectivity index (χ0v) is 24.0. The average molecular weight is 602 g/mol. The number of H-pyrrole nitrogens is 1. The van der Waals surface area contributed by atoms with Gasteiger partial charge in [0.15, 0.2) is 5.82 Å². The summed E-state index contributed by atoms with van der Waals surface area (Å²) in [5.74, 6) is 0.892. The maximum Gasteiger partial charge on any atom is 0.469 e. The molecule has 4 rings (SSSR count). The van der Waals surface area contributed by atoms with Crippen LogP contribution in [0.25, 0.3) is 10.9 Å². The second kappa shape index (κ2) is 13.8. The summed E-state index contributed by atoms with van der Waals surface area (Å²) in [5.41, 5.74) is 1.24. The Hall–Kier alpha value is -3.94. The van der Waals surface area contributed by atoms with E-state index in [9.17, 15) is 13.8 Å². The number of amides is 1. The van der Waals surface area contributed by atoms with Gasteiger partial charge in [0.2, 0.25) is 5.91 Å². The lowest BCUT2D eigenvalue weighted by molar-refractivity contribution is -0.115. The van der Waals surface area contributed by atoms with Crippen molar-refractivity contribution in [3.63, 3.8) is 0 Å². The first-order valence-corrected chi connectivity index (χ1v) is 14.7. The highest BCUT2D eigenvalue weighted by Crippen LogP contribution is 2.36. The van der Waals surface area contributed by atoms with Crippen molar-refractivity contribution >= 4 is 42.0 Å². The monoisotopic (exact) mass is 601 g/mol. The molecule has 0 fully saturated rings. The summed E-state index contributed by atoms with van der Waals surface area (Å²) >= 11 is 0. The van der Waals surface area contributed by atoms with Gasteiger partial charge in [-0.1, -0.05) is 6.07 Å². The fourth-order valence-electron chi connectivity index (χ4n) is 4.01. The third-order valence-electron chi connectivity index (χ3n) is 6.12. The van der Waals surface area contributed by atoms with Crippen LogP contribution in [0, 0.1) is 5.82 Å². The second-order valence-electron chi connectivity index (χ2n) is 10.1. The Bertz CT molecular complexity index is 1560. The molecule has 4 aromatic rings. The standard InChI is InChI=1S/C27H33FN7O6P/c1-27(2,9-12-41-42(37,38)39)31-10-4-11-40-21-7-8-22-23(16-21)29-17-30-26(22)33-24-14-20(34-35-24)15-25(36)32-19-6-3-5-18(28)13-19/h3,5-8,13-14,16-17,31H,4,9-12,15H2,1-2H3,(H,32,36)(H2,37,38,39)(H2,29,30,33,34,35). The number of rotatable bonds is 15. The molecule has 2 heterocycles. The first kappa shape index (κ1) is 31.0. The number of carbonyl (C=O) groups is 1. The third kappa shape index (κ3) is 9.86. The molecular formula is C27H33FN7O6P. The fraction of sp³-hybridized carbons (Fsp3) is 0.333. The lowest BCUT2D eigenvalue weighted by atomic mass is 10.0. The smallest absolute Gasteiger partial charge is 0.469 e. The Balaban J connectivity index is 1.26. The molecule has 2 aromatic carbocycles. The van der Waals surface area contributed by atoms with E-state index in [1.165, 1.54) is 24.5 Å². The molecule has 224 valence electrons. The maximum absolute atomic E-state index is 13.3. The van der Waals surface area contributed by atoms with Gasteiger partial charge >= 0.3 is 7.82 Å². The lowest BCUT2D eigenvalue weighted by Gasteiger charge is -2.26. The molecule has 1 amide bonds. The number of hydrogen-bond acceptors (Lipinski definition) is 9. The topological polar surface area (TPSA) is 184 Å². The summed E-state index contributed by atoms with van der Waals surface area (Å²) in [6.07, 6.45) is 2.59. The average Bonchev–Trinajstić information content (AvgIpc) is 3.34. The molecule has 2 aromatic heterocycles. The first-order chi connectivity index (χ1) is 20.0. The minimum Gasteiger partial charge on any atom is -0.493 e. The van der Waals surface area contributed by atoms with Crippen LogP contribution in [-0.2, 0) is 20.3 Å². The van der Waals surface area contributed by atoms with Crippen molar-refractivity contribution in [1.82, 2.24) is 25.5 Å². The van der Waals surface area contributed by atoms with Crippen molar-refractivity contribution in [3.05, 3.63) is 66.4 Å². The molecule has 0 atom stereocenters. The summed E-state index contributed by atoms with van der Waals surface area (Å²) in [7, 11) is -4.46. The van der Waals surface area contributed by atoms with Crippen LogP contribution in [0.3, 0.4) is 0 Å². The molecule has 0 unspecified atom stereocenters. The Labute approximate surface area is 241 Å². The molecule has 0 saturated carbocycles. The van der Waals surface area contributed by atoms with Crippen LogP contribution in [0.5, 0.6) is 5.75 Å². The van der Waals surface area contributed by atoms with E-state index in [-0.39, 0.29) is 24.5 Å². The molecule has 0 spiro atoms. The van der Waals surface area contributed by atoms with Gasteiger partial charge < -0.3 is 30.5 Å². The number of carbonyl (C=O) groups excluding carboxylic acids is 1. The number of anilines is 3. The molecule has 0 aliphatic heterocycles. The predicted octanol–water partition coefficient (Wildman–Crippen LogP) is 4.05. The van der Waals surface area contributed by atoms with Crippen molar-refractivity contribution in [2.75, 3.05) is 30.4 Å². The number of aromatic amines is 1. The normalized spacial score (nSPS) is 11.9. The summed E-state index contributed by atoms with van der Waals surface area (Å²) < 4.78 is 34.6. The van der Waals surface area contributed by atoms with Crippen LogP contribution >= 0.6 is 7.82 Å². The maximum atomic E-state index is 13.3. The zero-order chi connectivity index (χ0) is 30.2. The summed E-state index contributed by atoms with van der Waals surface area (Å²) in [6, 6.07) is 12.8. The Morgan fingerprint density at radius 2 is 1.95 bits per heavy atom. The molecule has 0 radical (unpaired) electrons. The van der Waals surface area contributed by atoms with Crippen LogP contribution in [0.15, 0.2) is 54.9 Å². The van der Waals surface area contributed by atoms with Crippen molar-refractivity contribution < 1.29 is 32.8 Å². The van der Waals surface area contributed by atoms with Crippen molar-refractivity contribution in [1.29, 1.82) is 0 Å².